The number of amides is 10. The molecule has 9 rings (SSSR count). The van der Waals surface area contributed by atoms with Gasteiger partial charge in [-0.25, -0.2) is 31.4 Å². The number of ketones is 2. The van der Waals surface area contributed by atoms with Crippen molar-refractivity contribution in [1.29, 1.82) is 0 Å². The van der Waals surface area contributed by atoms with Gasteiger partial charge in [-0.15, -0.1) is 6.58 Å². The fraction of sp³-hybridized carbons (Fsp3) is 0.681. The first-order valence-electron chi connectivity index (χ1n) is 35.7. The first kappa shape index (κ1) is 78.5. The number of pyridine rings is 1. The lowest BCUT2D eigenvalue weighted by Crippen LogP contribution is -2.64. The molecule has 9 N–H and O–H groups in total. The third-order valence-corrected chi connectivity index (χ3v) is 26.7. The summed E-state index contributed by atoms with van der Waals surface area (Å²) in [6, 6.07) is 2.65. The smallest absolute Gasteiger partial charge is 0.363 e. The van der Waals surface area contributed by atoms with Crippen LogP contribution >= 0.6 is 0 Å². The molecule has 0 spiro atoms. The van der Waals surface area contributed by atoms with Gasteiger partial charge >= 0.3 is 18.2 Å². The number of aromatic nitrogens is 1. The lowest BCUT2D eigenvalue weighted by atomic mass is 9.73. The summed E-state index contributed by atoms with van der Waals surface area (Å²) < 4.78 is 97.0. The molecule has 7 aliphatic rings. The number of sulfone groups is 2. The summed E-state index contributed by atoms with van der Waals surface area (Å²) >= 11 is 0. The van der Waals surface area contributed by atoms with Crippen LogP contribution in [0.2, 0.25) is 0 Å². The number of nitrogens with two attached hydrogens (primary N) is 1. The van der Waals surface area contributed by atoms with E-state index in [0.717, 1.165) is 25.7 Å². The summed E-state index contributed by atoms with van der Waals surface area (Å²) in [6.45, 7) is 17.7. The van der Waals surface area contributed by atoms with Crippen LogP contribution in [0.3, 0.4) is 0 Å². The van der Waals surface area contributed by atoms with Gasteiger partial charge in [0.1, 0.15) is 24.2 Å². The molecule has 2 aliphatic heterocycles. The largest absolute Gasteiger partial charge is 0.389 e. The number of carbonyl (C=O) groups excluding carboxylic acids is 10. The normalized spacial score (nSPS) is 26.5. The van der Waals surface area contributed by atoms with E-state index >= 15 is 14.4 Å². The summed E-state index contributed by atoms with van der Waals surface area (Å²) in [4.78, 5) is 149. The molecule has 5 aliphatic carbocycles. The lowest BCUT2D eigenvalue weighted by molar-refractivity contribution is -0.148. The number of alkyl halides is 3. The molecule has 102 heavy (non-hydrogen) atoms. The van der Waals surface area contributed by atoms with Crippen molar-refractivity contribution in [2.75, 3.05) is 31.1 Å². The van der Waals surface area contributed by atoms with E-state index < -0.39 is 197 Å². The van der Waals surface area contributed by atoms with Gasteiger partial charge in [-0.1, -0.05) is 131 Å². The second-order valence-corrected chi connectivity index (χ2v) is 35.9. The van der Waals surface area contributed by atoms with Crippen LogP contribution in [-0.4, -0.2) is 176 Å². The summed E-state index contributed by atoms with van der Waals surface area (Å²) in [6.07, 6.45) is 2.36. The quantitative estimate of drug-likeness (QED) is 0.0348. The minimum absolute atomic E-state index is 0.0338. The minimum Gasteiger partial charge on any atom is -0.363 e. The number of hydrogen-bond donors (Lipinski definition) is 8. The van der Waals surface area contributed by atoms with Crippen LogP contribution < -0.4 is 43.0 Å². The molecule has 5 saturated carbocycles. The average molecular weight is 1460 g/mol. The van der Waals surface area contributed by atoms with Crippen molar-refractivity contribution in [3.63, 3.8) is 0 Å². The number of nitrogens with zero attached hydrogens (tertiary/aromatic N) is 3. The third kappa shape index (κ3) is 17.9. The van der Waals surface area contributed by atoms with Crippen molar-refractivity contribution in [2.45, 2.75) is 222 Å². The van der Waals surface area contributed by atoms with Crippen LogP contribution in [0.15, 0.2) is 65.2 Å². The van der Waals surface area contributed by atoms with Crippen molar-refractivity contribution in [1.82, 2.24) is 52.0 Å². The minimum atomic E-state index is -4.82. The molecule has 30 heteroatoms. The van der Waals surface area contributed by atoms with E-state index in [1.807, 2.05) is 20.8 Å². The maximum Gasteiger partial charge on any atom is 0.389 e. The second kappa shape index (κ2) is 30.9. The van der Waals surface area contributed by atoms with Gasteiger partial charge in [0.05, 0.1) is 34.0 Å². The first-order valence-corrected chi connectivity index (χ1v) is 39.0. The highest BCUT2D eigenvalue weighted by molar-refractivity contribution is 7.91. The fourth-order valence-electron chi connectivity index (χ4n) is 17.0. The highest BCUT2D eigenvalue weighted by Crippen LogP contribution is 2.69. The van der Waals surface area contributed by atoms with Crippen molar-refractivity contribution in [3.8, 4) is 0 Å². The van der Waals surface area contributed by atoms with E-state index in [1.54, 1.807) is 40.7 Å². The zero-order valence-corrected chi connectivity index (χ0v) is 61.1. The molecule has 10 amide bonds. The number of piperidine rings is 2. The Bertz CT molecular complexity index is 3730. The molecule has 7 fully saturated rings. The number of likely N-dealkylation sites (tertiary alicyclic amines) is 2. The number of hydrogen-bond acceptors (Lipinski definition) is 15. The monoisotopic (exact) mass is 1460 g/mol. The molecular formula is C72H100F3N11O14S2. The Morgan fingerprint density at radius 3 is 1.94 bits per heavy atom. The molecule has 0 radical (unpaired) electrons. The summed E-state index contributed by atoms with van der Waals surface area (Å²) in [5.74, 6) is -11.5. The predicted molar refractivity (Wildman–Crippen MR) is 368 cm³/mol. The Balaban J connectivity index is 0.975. The number of carbonyl (C=O) groups is 10. The number of nitrogens with one attached hydrogen (secondary N) is 7. The van der Waals surface area contributed by atoms with Gasteiger partial charge in [0.15, 0.2) is 24.7 Å². The molecule has 1 aromatic heterocycles. The predicted octanol–water partition coefficient (Wildman–Crippen LogP) is 5.61. The second-order valence-electron chi connectivity index (χ2n) is 31.9. The third-order valence-electron chi connectivity index (χ3n) is 23.1. The van der Waals surface area contributed by atoms with Gasteiger partial charge in [-0.05, 0) is 133 Å². The zero-order chi connectivity index (χ0) is 74.8. The van der Waals surface area contributed by atoms with E-state index in [0.29, 0.717) is 57.8 Å². The van der Waals surface area contributed by atoms with Crippen molar-refractivity contribution < 1.29 is 78.0 Å². The molecule has 12 atom stereocenters. The van der Waals surface area contributed by atoms with Crippen LogP contribution in [0.5, 0.6) is 0 Å². The highest BCUT2D eigenvalue weighted by Gasteiger charge is 2.73. The molecular weight excluding hydrogens is 1360 g/mol. The number of Topliss-reactive ketones (excluding diaryl/α,β-unsaturated/α-hetero) is 2. The van der Waals surface area contributed by atoms with Crippen LogP contribution in [-0.2, 0) is 58.0 Å². The van der Waals surface area contributed by atoms with E-state index in [1.165, 1.54) is 52.4 Å². The van der Waals surface area contributed by atoms with Gasteiger partial charge in [0.2, 0.25) is 35.2 Å². The number of halogens is 3. The lowest BCUT2D eigenvalue weighted by Gasteiger charge is -2.41. The molecule has 0 bridgehead atoms. The molecule has 2 aromatic rings. The summed E-state index contributed by atoms with van der Waals surface area (Å²) in [5.41, 5.74) is 1.95. The number of urea groups is 2. The maximum absolute atomic E-state index is 15.6. The number of fused-ring (bicyclic) bond motifs is 2. The molecule has 560 valence electrons. The molecule has 2 saturated heterocycles. The van der Waals surface area contributed by atoms with Crippen LogP contribution in [0, 0.1) is 75.7 Å². The molecule has 1 aromatic carbocycles. The van der Waals surface area contributed by atoms with Gasteiger partial charge in [0, 0.05) is 44.4 Å². The number of primary amides is 1. The maximum atomic E-state index is 15.6. The van der Waals surface area contributed by atoms with Gasteiger partial charge in [-0.3, -0.25) is 38.4 Å². The van der Waals surface area contributed by atoms with E-state index in [-0.39, 0.29) is 59.6 Å². The SMILES string of the molecule is C=CCNC(=O)C(=O)C(CCC(F)(F)F)NC(=O)C1C2C(CN1C(=O)[C@@H](NC(=O)NC1(CS(=O)(=O)c3ccccn3)CCCCC1)C(C)(C)C)C2(C)CC1CCC([C@H](NC(=O)N[C@H](CS(=O)(=O)c2cc#ccc2)C(C)C)C(=O)N2C[C@@H]3C([C@H]2C(=O)NC(CC2CCC2)C(=O)C(N)=O)C3(C)C)CC1. The zero-order valence-electron chi connectivity index (χ0n) is 59.4. The average Bonchev–Trinajstić information content (AvgIpc) is 1.52. The molecule has 7 unspecified atom stereocenters. The van der Waals surface area contributed by atoms with Crippen molar-refractivity contribution >= 4 is 78.7 Å². The summed E-state index contributed by atoms with van der Waals surface area (Å²) in [5, 5.41) is 18.8. The van der Waals surface area contributed by atoms with Crippen LogP contribution in [0.25, 0.3) is 0 Å². The van der Waals surface area contributed by atoms with Gasteiger partial charge in [0.25, 0.3) is 11.8 Å². The molecule has 25 nitrogen and oxygen atoms in total. The highest BCUT2D eigenvalue weighted by atomic mass is 32.2. The summed E-state index contributed by atoms with van der Waals surface area (Å²) in [7, 11) is -8.04. The van der Waals surface area contributed by atoms with Crippen LogP contribution in [0.1, 0.15) is 158 Å². The van der Waals surface area contributed by atoms with Crippen molar-refractivity contribution in [2.24, 2.45) is 69.3 Å². The number of rotatable bonds is 30. The van der Waals surface area contributed by atoms with E-state index in [4.69, 9.17) is 5.73 Å². The van der Waals surface area contributed by atoms with Gasteiger partial charge in [-0.2, -0.15) is 13.2 Å². The van der Waals surface area contributed by atoms with Crippen molar-refractivity contribution in [3.05, 3.63) is 67.4 Å². The standard InChI is InChI=1S/C72H100F3N11O14S2/c1-10-33-78-63(92)58(88)48(29-32-72(73,74)75)79-62(91)56-53-47(38-86(56)65(94)59(68(4,5)6)83-67(96)84-71(30-16-12-17-31-71)40-102(99,100)51-24-15-18-34-77-51)70(53,9)36-43-25-27-44(28-26-43)54(82-66(95)81-50(41(2)3)39-101(97,98)45-22-13-11-14-23-45)64(93)85-37-46-52(69(46,7)8)55(85)61(90)80-49(57(87)60(76)89)35-42-20-19-21-42/h10,13,15,18,22-24,34,41-44,46-50,52-56,59H,1,12,16-17,19-21,25-33,35-40H2,2-9H3,(H2,76,89)(H,78,92)(H,79,91)(H,80,90)(H2,81,82,95)(H2,83,84,96)/t43?,44?,46-,47?,48?,49?,50-,52?,53?,54+,55+,56?,59-,70?/m1/s1. The Morgan fingerprint density at radius 2 is 1.37 bits per heavy atom. The molecule has 3 heterocycles. The van der Waals surface area contributed by atoms with E-state index in [2.05, 4.69) is 60.9 Å². The fourth-order valence-corrected chi connectivity index (χ4v) is 20.4. The Labute approximate surface area is 595 Å². The van der Waals surface area contributed by atoms with E-state index in [9.17, 15) is 63.6 Å². The topological polar surface area (TPSA) is 369 Å². The first-order chi connectivity index (χ1) is 47.7. The Hall–Kier alpha value is -7.68. The Morgan fingerprint density at radius 1 is 0.735 bits per heavy atom. The Kier molecular flexibility index (Phi) is 23.8. The van der Waals surface area contributed by atoms with Gasteiger partial charge < -0.3 is 52.8 Å². The van der Waals surface area contributed by atoms with Crippen LogP contribution in [0.4, 0.5) is 22.8 Å².